The van der Waals surface area contributed by atoms with Crippen LogP contribution in [0, 0.1) is 5.92 Å². The summed E-state index contributed by atoms with van der Waals surface area (Å²) in [5.41, 5.74) is 1.01. The Morgan fingerprint density at radius 3 is 2.38 bits per heavy atom. The minimum atomic E-state index is -0.144. The lowest BCUT2D eigenvalue weighted by Crippen LogP contribution is -2.17. The topological polar surface area (TPSA) is 26.3 Å². The van der Waals surface area contributed by atoms with Crippen molar-refractivity contribution in [3.05, 3.63) is 32.7 Å². The van der Waals surface area contributed by atoms with E-state index in [0.717, 1.165) is 27.4 Å². The molecule has 4 heteroatoms. The number of methoxy groups -OCH3 is 1. The SMILES string of the molecule is COC(=O)C(c1c(Br)cccc1Br)C1CC1. The number of halogens is 2. The summed E-state index contributed by atoms with van der Waals surface area (Å²) in [6, 6.07) is 5.86. The highest BCUT2D eigenvalue weighted by molar-refractivity contribution is 9.11. The van der Waals surface area contributed by atoms with Crippen LogP contribution in [0.25, 0.3) is 0 Å². The fourth-order valence-corrected chi connectivity index (χ4v) is 3.40. The summed E-state index contributed by atoms with van der Waals surface area (Å²) < 4.78 is 6.82. The molecule has 0 bridgehead atoms. The fraction of sp³-hybridized carbons (Fsp3) is 0.417. The number of ether oxygens (including phenoxy) is 1. The van der Waals surface area contributed by atoms with E-state index in [1.165, 1.54) is 7.11 Å². The van der Waals surface area contributed by atoms with Gasteiger partial charge in [-0.3, -0.25) is 4.79 Å². The predicted molar refractivity (Wildman–Crippen MR) is 69.3 cm³/mol. The maximum absolute atomic E-state index is 11.8. The van der Waals surface area contributed by atoms with Gasteiger partial charge in [-0.05, 0) is 36.5 Å². The highest BCUT2D eigenvalue weighted by atomic mass is 79.9. The van der Waals surface area contributed by atoms with Crippen LogP contribution in [0.4, 0.5) is 0 Å². The van der Waals surface area contributed by atoms with Gasteiger partial charge in [0.05, 0.1) is 13.0 Å². The van der Waals surface area contributed by atoms with Crippen LogP contribution in [0.15, 0.2) is 27.1 Å². The van der Waals surface area contributed by atoms with Crippen molar-refractivity contribution in [1.29, 1.82) is 0 Å². The largest absolute Gasteiger partial charge is 0.469 e. The van der Waals surface area contributed by atoms with E-state index in [1.54, 1.807) is 0 Å². The fourth-order valence-electron chi connectivity index (χ4n) is 1.91. The van der Waals surface area contributed by atoms with E-state index in [9.17, 15) is 4.79 Å². The Hall–Kier alpha value is -0.350. The highest BCUT2D eigenvalue weighted by Gasteiger charge is 2.39. The Labute approximate surface area is 112 Å². The Bertz CT molecular complexity index is 393. The maximum Gasteiger partial charge on any atom is 0.313 e. The third kappa shape index (κ3) is 2.33. The Morgan fingerprint density at radius 1 is 1.38 bits per heavy atom. The Morgan fingerprint density at radius 2 is 1.94 bits per heavy atom. The zero-order valence-corrected chi connectivity index (χ0v) is 12.0. The van der Waals surface area contributed by atoms with Crippen LogP contribution in [-0.2, 0) is 9.53 Å². The van der Waals surface area contributed by atoms with Gasteiger partial charge in [-0.25, -0.2) is 0 Å². The van der Waals surface area contributed by atoms with Crippen molar-refractivity contribution in [1.82, 2.24) is 0 Å². The number of hydrogen-bond donors (Lipinski definition) is 0. The van der Waals surface area contributed by atoms with E-state index < -0.39 is 0 Å². The van der Waals surface area contributed by atoms with Gasteiger partial charge < -0.3 is 4.74 Å². The van der Waals surface area contributed by atoms with Crippen LogP contribution in [-0.4, -0.2) is 13.1 Å². The number of carbonyl (C=O) groups excluding carboxylic acids is 1. The smallest absolute Gasteiger partial charge is 0.313 e. The molecule has 0 heterocycles. The molecule has 1 saturated carbocycles. The standard InChI is InChI=1S/C12H12Br2O2/c1-16-12(15)10(7-5-6-7)11-8(13)3-2-4-9(11)14/h2-4,7,10H,5-6H2,1H3. The predicted octanol–water partition coefficient (Wildman–Crippen LogP) is 3.88. The van der Waals surface area contributed by atoms with E-state index in [-0.39, 0.29) is 11.9 Å². The average Bonchev–Trinajstić information content (AvgIpc) is 3.06. The van der Waals surface area contributed by atoms with Crippen LogP contribution < -0.4 is 0 Å². The van der Waals surface area contributed by atoms with Crippen molar-refractivity contribution in [3.63, 3.8) is 0 Å². The number of rotatable bonds is 3. The first-order valence-corrected chi connectivity index (χ1v) is 6.75. The summed E-state index contributed by atoms with van der Waals surface area (Å²) >= 11 is 7.01. The summed E-state index contributed by atoms with van der Waals surface area (Å²) in [4.78, 5) is 11.8. The second-order valence-electron chi connectivity index (χ2n) is 3.97. The molecule has 0 radical (unpaired) electrons. The van der Waals surface area contributed by atoms with Gasteiger partial charge in [-0.2, -0.15) is 0 Å². The second-order valence-corrected chi connectivity index (χ2v) is 5.68. The molecule has 0 N–H and O–H groups in total. The van der Waals surface area contributed by atoms with E-state index in [4.69, 9.17) is 4.74 Å². The number of carbonyl (C=O) groups is 1. The lowest BCUT2D eigenvalue weighted by Gasteiger charge is -2.17. The molecule has 0 spiro atoms. The van der Waals surface area contributed by atoms with E-state index in [1.807, 2.05) is 18.2 Å². The molecule has 2 rings (SSSR count). The van der Waals surface area contributed by atoms with Crippen LogP contribution >= 0.6 is 31.9 Å². The summed E-state index contributed by atoms with van der Waals surface area (Å²) in [5, 5.41) is 0. The molecular formula is C12H12Br2O2. The van der Waals surface area contributed by atoms with Crippen molar-refractivity contribution in [2.75, 3.05) is 7.11 Å². The first kappa shape index (κ1) is 12.1. The highest BCUT2D eigenvalue weighted by Crippen LogP contribution is 2.47. The van der Waals surface area contributed by atoms with Crippen LogP contribution in [0.3, 0.4) is 0 Å². The zero-order valence-electron chi connectivity index (χ0n) is 8.87. The first-order chi connectivity index (χ1) is 7.65. The van der Waals surface area contributed by atoms with E-state index in [0.29, 0.717) is 5.92 Å². The van der Waals surface area contributed by atoms with Gasteiger partial charge in [0.15, 0.2) is 0 Å². The molecule has 2 nitrogen and oxygen atoms in total. The number of esters is 1. The summed E-state index contributed by atoms with van der Waals surface area (Å²) in [5.74, 6) is 0.146. The van der Waals surface area contributed by atoms with Crippen LogP contribution in [0.5, 0.6) is 0 Å². The van der Waals surface area contributed by atoms with Crippen molar-refractivity contribution in [2.24, 2.45) is 5.92 Å². The zero-order chi connectivity index (χ0) is 11.7. The molecule has 1 aliphatic carbocycles. The molecule has 86 valence electrons. The van der Waals surface area contributed by atoms with Gasteiger partial charge in [0.25, 0.3) is 0 Å². The van der Waals surface area contributed by atoms with Crippen LogP contribution in [0.2, 0.25) is 0 Å². The summed E-state index contributed by atoms with van der Waals surface area (Å²) in [7, 11) is 1.45. The van der Waals surface area contributed by atoms with Gasteiger partial charge in [0, 0.05) is 8.95 Å². The molecule has 0 aromatic heterocycles. The monoisotopic (exact) mass is 346 g/mol. The summed E-state index contributed by atoms with van der Waals surface area (Å²) in [6.45, 7) is 0. The normalized spacial score (nSPS) is 16.9. The minimum Gasteiger partial charge on any atom is -0.469 e. The average molecular weight is 348 g/mol. The molecule has 1 aromatic carbocycles. The number of benzene rings is 1. The molecule has 1 unspecified atom stereocenters. The van der Waals surface area contributed by atoms with Gasteiger partial charge >= 0.3 is 5.97 Å². The minimum absolute atomic E-state index is 0.143. The Kier molecular flexibility index (Phi) is 3.70. The molecule has 1 aromatic rings. The molecule has 0 amide bonds. The molecule has 0 saturated heterocycles. The summed E-state index contributed by atoms with van der Waals surface area (Å²) in [6.07, 6.45) is 2.21. The van der Waals surface area contributed by atoms with Crippen molar-refractivity contribution < 1.29 is 9.53 Å². The lowest BCUT2D eigenvalue weighted by atomic mass is 9.94. The van der Waals surface area contributed by atoms with Crippen molar-refractivity contribution in [3.8, 4) is 0 Å². The quantitative estimate of drug-likeness (QED) is 0.775. The van der Waals surface area contributed by atoms with Gasteiger partial charge in [-0.15, -0.1) is 0 Å². The molecule has 1 atom stereocenters. The third-order valence-electron chi connectivity index (χ3n) is 2.86. The number of hydrogen-bond acceptors (Lipinski definition) is 2. The molecule has 0 aliphatic heterocycles. The molecule has 1 fully saturated rings. The van der Waals surface area contributed by atoms with E-state index in [2.05, 4.69) is 31.9 Å². The molecule has 1 aliphatic rings. The van der Waals surface area contributed by atoms with Crippen molar-refractivity contribution >= 4 is 37.8 Å². The molecular weight excluding hydrogens is 336 g/mol. The van der Waals surface area contributed by atoms with Crippen LogP contribution in [0.1, 0.15) is 24.3 Å². The van der Waals surface area contributed by atoms with Gasteiger partial charge in [0.2, 0.25) is 0 Å². The lowest BCUT2D eigenvalue weighted by molar-refractivity contribution is -0.143. The second kappa shape index (κ2) is 4.88. The third-order valence-corrected chi connectivity index (χ3v) is 4.24. The van der Waals surface area contributed by atoms with Gasteiger partial charge in [0.1, 0.15) is 0 Å². The Balaban J connectivity index is 2.42. The maximum atomic E-state index is 11.8. The van der Waals surface area contributed by atoms with E-state index >= 15 is 0 Å². The first-order valence-electron chi connectivity index (χ1n) is 5.17. The van der Waals surface area contributed by atoms with Crippen molar-refractivity contribution in [2.45, 2.75) is 18.8 Å². The molecule has 16 heavy (non-hydrogen) atoms. The van der Waals surface area contributed by atoms with Gasteiger partial charge in [-0.1, -0.05) is 37.9 Å².